The van der Waals surface area contributed by atoms with Crippen LogP contribution in [0.25, 0.3) is 0 Å². The number of rotatable bonds is 10. The minimum atomic E-state index is -4.91. The van der Waals surface area contributed by atoms with Crippen LogP contribution in [-0.2, 0) is 19.3 Å². The van der Waals surface area contributed by atoms with Gasteiger partial charge in [0.1, 0.15) is 19.3 Å². The highest BCUT2D eigenvalue weighted by atomic mass is 32.3. The number of nitro groups is 1. The molecule has 0 aliphatic carbocycles. The van der Waals surface area contributed by atoms with Gasteiger partial charge in [0.05, 0.1) is 13.2 Å². The maximum absolute atomic E-state index is 10.8. The van der Waals surface area contributed by atoms with Crippen LogP contribution in [0.5, 0.6) is 0 Å². The van der Waals surface area contributed by atoms with Gasteiger partial charge in [-0.05, 0) is 0 Å². The van der Waals surface area contributed by atoms with E-state index in [1.165, 1.54) is 6.92 Å². The average Bonchev–Trinajstić information content (AvgIpc) is 2.31. The summed E-state index contributed by atoms with van der Waals surface area (Å²) in [7, 11) is -4.91. The maximum Gasteiger partial charge on any atom is 0.267 e. The Bertz CT molecular complexity index is 378. The van der Waals surface area contributed by atoms with E-state index < -0.39 is 53.4 Å². The molecule has 0 fully saturated rings. The van der Waals surface area contributed by atoms with Crippen LogP contribution in [0.15, 0.2) is 0 Å². The predicted molar refractivity (Wildman–Crippen MR) is 59.6 cm³/mol. The Labute approximate surface area is 110 Å². The average molecular weight is 302 g/mol. The van der Waals surface area contributed by atoms with Crippen molar-refractivity contribution in [1.82, 2.24) is 0 Å². The standard InChI is InChI=1S/C8H17NO9S/c1-2-8(5-10,9(12)13)6-17-3-7(11)4-18-19(14,15)16/h7,10-11H,2-6H2,1H3,(H,14,15,16)/p-1. The third kappa shape index (κ3) is 6.75. The summed E-state index contributed by atoms with van der Waals surface area (Å²) in [6.45, 7) is -0.980. The summed E-state index contributed by atoms with van der Waals surface area (Å²) >= 11 is 0. The Morgan fingerprint density at radius 3 is 2.37 bits per heavy atom. The van der Waals surface area contributed by atoms with Crippen molar-refractivity contribution in [1.29, 1.82) is 0 Å². The van der Waals surface area contributed by atoms with E-state index in [4.69, 9.17) is 9.84 Å². The predicted octanol–water partition coefficient (Wildman–Crippen LogP) is -1.74. The van der Waals surface area contributed by atoms with Crippen LogP contribution >= 0.6 is 0 Å². The van der Waals surface area contributed by atoms with Gasteiger partial charge in [-0.3, -0.25) is 14.3 Å². The molecule has 2 unspecified atom stereocenters. The molecule has 0 spiro atoms. The molecule has 2 atom stereocenters. The summed E-state index contributed by atoms with van der Waals surface area (Å²) < 4.78 is 38.9. The van der Waals surface area contributed by atoms with Crippen molar-refractivity contribution in [2.45, 2.75) is 25.0 Å². The lowest BCUT2D eigenvalue weighted by atomic mass is 10.00. The van der Waals surface area contributed by atoms with Gasteiger partial charge in [-0.2, -0.15) is 0 Å². The van der Waals surface area contributed by atoms with Crippen LogP contribution in [0, 0.1) is 10.1 Å². The summed E-state index contributed by atoms with van der Waals surface area (Å²) in [4.78, 5) is 10.1. The van der Waals surface area contributed by atoms with E-state index in [2.05, 4.69) is 4.18 Å². The largest absolute Gasteiger partial charge is 0.726 e. The van der Waals surface area contributed by atoms with Gasteiger partial charge >= 0.3 is 0 Å². The highest BCUT2D eigenvalue weighted by Crippen LogP contribution is 2.14. The summed E-state index contributed by atoms with van der Waals surface area (Å²) in [5.41, 5.74) is -1.68. The molecular weight excluding hydrogens is 286 g/mol. The van der Waals surface area contributed by atoms with Crippen LogP contribution in [0.3, 0.4) is 0 Å². The summed E-state index contributed by atoms with van der Waals surface area (Å²) in [5.74, 6) is 0. The summed E-state index contributed by atoms with van der Waals surface area (Å²) in [5, 5.41) is 29.0. The molecule has 11 heteroatoms. The molecule has 0 aliphatic heterocycles. The van der Waals surface area contributed by atoms with Crippen molar-refractivity contribution >= 4 is 10.4 Å². The zero-order valence-electron chi connectivity index (χ0n) is 10.2. The molecule has 0 heterocycles. The van der Waals surface area contributed by atoms with E-state index in [1.807, 2.05) is 0 Å². The van der Waals surface area contributed by atoms with E-state index in [1.54, 1.807) is 0 Å². The fourth-order valence-corrected chi connectivity index (χ4v) is 1.42. The molecule has 114 valence electrons. The smallest absolute Gasteiger partial charge is 0.267 e. The number of ether oxygens (including phenoxy) is 1. The van der Waals surface area contributed by atoms with E-state index >= 15 is 0 Å². The zero-order valence-corrected chi connectivity index (χ0v) is 11.0. The molecule has 0 amide bonds. The van der Waals surface area contributed by atoms with Crippen LogP contribution in [0.2, 0.25) is 0 Å². The number of hydrogen-bond donors (Lipinski definition) is 2. The van der Waals surface area contributed by atoms with Crippen LogP contribution in [0.4, 0.5) is 0 Å². The quantitative estimate of drug-likeness (QED) is 0.206. The zero-order chi connectivity index (χ0) is 15.1. The molecule has 0 aromatic rings. The van der Waals surface area contributed by atoms with E-state index in [0.717, 1.165) is 0 Å². The van der Waals surface area contributed by atoms with Crippen molar-refractivity contribution in [2.24, 2.45) is 0 Å². The number of aliphatic hydroxyl groups is 2. The molecule has 19 heavy (non-hydrogen) atoms. The van der Waals surface area contributed by atoms with Gasteiger partial charge in [0, 0.05) is 11.3 Å². The monoisotopic (exact) mass is 302 g/mol. The molecule has 0 aromatic heterocycles. The van der Waals surface area contributed by atoms with Crippen LogP contribution in [0.1, 0.15) is 13.3 Å². The second-order valence-electron chi connectivity index (χ2n) is 3.85. The van der Waals surface area contributed by atoms with Crippen molar-refractivity contribution in [3.63, 3.8) is 0 Å². The normalized spacial score (nSPS) is 16.8. The first-order valence-corrected chi connectivity index (χ1v) is 6.61. The van der Waals surface area contributed by atoms with E-state index in [-0.39, 0.29) is 6.42 Å². The Morgan fingerprint density at radius 2 is 2.00 bits per heavy atom. The lowest BCUT2D eigenvalue weighted by Crippen LogP contribution is -2.46. The van der Waals surface area contributed by atoms with Crippen LogP contribution < -0.4 is 0 Å². The Balaban J connectivity index is 4.17. The topological polar surface area (TPSA) is 159 Å². The van der Waals surface area contributed by atoms with Gasteiger partial charge < -0.3 is 19.5 Å². The first-order valence-electron chi connectivity index (χ1n) is 5.28. The Hall–Kier alpha value is -0.850. The molecule has 0 aliphatic rings. The molecule has 0 aromatic carbocycles. The van der Waals surface area contributed by atoms with Gasteiger partial charge in [0.15, 0.2) is 0 Å². The van der Waals surface area contributed by atoms with Crippen LogP contribution in [-0.4, -0.2) is 66.2 Å². The molecule has 0 radical (unpaired) electrons. The number of nitrogens with zero attached hydrogens (tertiary/aromatic N) is 1. The van der Waals surface area contributed by atoms with Gasteiger partial charge in [-0.1, -0.05) is 6.92 Å². The van der Waals surface area contributed by atoms with Gasteiger partial charge in [0.2, 0.25) is 10.4 Å². The van der Waals surface area contributed by atoms with Gasteiger partial charge in [0.25, 0.3) is 5.54 Å². The second kappa shape index (κ2) is 7.67. The van der Waals surface area contributed by atoms with Gasteiger partial charge in [-0.25, -0.2) is 8.42 Å². The third-order valence-corrected chi connectivity index (χ3v) is 2.85. The SMILES string of the molecule is CCC(CO)(COCC(O)COS(=O)(=O)[O-])[N+](=O)[O-]. The number of aliphatic hydroxyl groups excluding tert-OH is 2. The molecule has 0 saturated carbocycles. The van der Waals surface area contributed by atoms with E-state index in [9.17, 15) is 28.2 Å². The fraction of sp³-hybridized carbons (Fsp3) is 1.00. The highest BCUT2D eigenvalue weighted by molar-refractivity contribution is 7.80. The molecule has 0 rings (SSSR count). The Morgan fingerprint density at radius 1 is 1.42 bits per heavy atom. The molecule has 10 nitrogen and oxygen atoms in total. The molecule has 0 bridgehead atoms. The molecular formula is C8H16NO9S-. The van der Waals surface area contributed by atoms with Crippen molar-refractivity contribution in [3.8, 4) is 0 Å². The maximum atomic E-state index is 10.8. The first-order chi connectivity index (χ1) is 8.67. The summed E-state index contributed by atoms with van der Waals surface area (Å²) in [6.07, 6.45) is -1.42. The lowest BCUT2D eigenvalue weighted by molar-refractivity contribution is -0.578. The van der Waals surface area contributed by atoms with E-state index in [0.29, 0.717) is 0 Å². The second-order valence-corrected chi connectivity index (χ2v) is 4.91. The van der Waals surface area contributed by atoms with Crippen molar-refractivity contribution in [2.75, 3.05) is 26.4 Å². The van der Waals surface area contributed by atoms with Crippen molar-refractivity contribution < 1.29 is 37.0 Å². The first kappa shape index (κ1) is 18.1. The van der Waals surface area contributed by atoms with Gasteiger partial charge in [-0.15, -0.1) is 0 Å². The highest BCUT2D eigenvalue weighted by Gasteiger charge is 2.40. The fourth-order valence-electron chi connectivity index (χ4n) is 1.09. The number of hydrogen-bond acceptors (Lipinski definition) is 9. The minimum Gasteiger partial charge on any atom is -0.726 e. The third-order valence-electron chi connectivity index (χ3n) is 2.43. The minimum absolute atomic E-state index is 0.0119. The Kier molecular flexibility index (Phi) is 7.33. The van der Waals surface area contributed by atoms with Crippen molar-refractivity contribution in [3.05, 3.63) is 10.1 Å². The lowest BCUT2D eigenvalue weighted by Gasteiger charge is -2.22. The molecule has 0 saturated heterocycles. The summed E-state index contributed by atoms with van der Waals surface area (Å²) in [6, 6.07) is 0. The molecule has 2 N–H and O–H groups in total.